The quantitative estimate of drug-likeness (QED) is 0.911. The van der Waals surface area contributed by atoms with Gasteiger partial charge in [-0.25, -0.2) is 0 Å². The Labute approximate surface area is 122 Å². The van der Waals surface area contributed by atoms with Crippen molar-refractivity contribution < 1.29 is 9.53 Å². The molecule has 1 aromatic rings. The Bertz CT molecular complexity index is 480. The number of carbonyl (C=O) groups excluding carboxylic acids is 1. The molecule has 104 valence electrons. The lowest BCUT2D eigenvalue weighted by molar-refractivity contribution is -0.0300. The van der Waals surface area contributed by atoms with Gasteiger partial charge in [-0.2, -0.15) is 0 Å². The van der Waals surface area contributed by atoms with Crippen LogP contribution in [0.1, 0.15) is 17.3 Å². The van der Waals surface area contributed by atoms with Crippen molar-refractivity contribution in [1.29, 1.82) is 0 Å². The predicted molar refractivity (Wildman–Crippen MR) is 75.8 cm³/mol. The third-order valence-electron chi connectivity index (χ3n) is 3.15. The van der Waals surface area contributed by atoms with Gasteiger partial charge < -0.3 is 15.4 Å². The van der Waals surface area contributed by atoms with Crippen LogP contribution in [0.5, 0.6) is 0 Å². The van der Waals surface area contributed by atoms with Gasteiger partial charge in [0, 0.05) is 19.1 Å². The zero-order chi connectivity index (χ0) is 14.0. The second-order valence-corrected chi connectivity index (χ2v) is 5.41. The van der Waals surface area contributed by atoms with Crippen molar-refractivity contribution in [3.63, 3.8) is 0 Å². The molecule has 6 heteroatoms. The molecular formula is C13H16Cl2N2O2. The van der Waals surface area contributed by atoms with E-state index in [-0.39, 0.29) is 23.1 Å². The number of halogens is 2. The lowest BCUT2D eigenvalue weighted by atomic mass is 10.1. The summed E-state index contributed by atoms with van der Waals surface area (Å²) in [5.74, 6) is -0.138. The van der Waals surface area contributed by atoms with Gasteiger partial charge in [0.25, 0.3) is 5.91 Å². The van der Waals surface area contributed by atoms with E-state index in [1.54, 1.807) is 23.1 Å². The van der Waals surface area contributed by atoms with E-state index in [4.69, 9.17) is 33.7 Å². The van der Waals surface area contributed by atoms with E-state index >= 15 is 0 Å². The van der Waals surface area contributed by atoms with Crippen LogP contribution in [0.25, 0.3) is 0 Å². The summed E-state index contributed by atoms with van der Waals surface area (Å²) >= 11 is 12.0. The second-order valence-electron chi connectivity index (χ2n) is 4.62. The van der Waals surface area contributed by atoms with Gasteiger partial charge >= 0.3 is 0 Å². The molecule has 0 unspecified atom stereocenters. The first kappa shape index (κ1) is 14.6. The van der Waals surface area contributed by atoms with Crippen molar-refractivity contribution in [2.75, 3.05) is 19.7 Å². The van der Waals surface area contributed by atoms with Crippen LogP contribution in [0.2, 0.25) is 10.0 Å². The highest BCUT2D eigenvalue weighted by Crippen LogP contribution is 2.27. The minimum absolute atomic E-state index is 0.120. The average Bonchev–Trinajstić information content (AvgIpc) is 2.41. The number of hydrogen-bond acceptors (Lipinski definition) is 3. The number of nitrogens with zero attached hydrogens (tertiary/aromatic N) is 1. The van der Waals surface area contributed by atoms with Crippen LogP contribution < -0.4 is 5.73 Å². The Morgan fingerprint density at radius 1 is 1.53 bits per heavy atom. The monoisotopic (exact) mass is 302 g/mol. The maximum absolute atomic E-state index is 12.4. The standard InChI is InChI=1S/C13H16Cl2N2O2/c1-8(16)11-7-17(5-6-19-11)13(18)9-3-2-4-10(14)12(9)15/h2-4,8,11H,5-7,16H2,1H3/t8-,11+/m1/s1. The first-order valence-electron chi connectivity index (χ1n) is 6.11. The van der Waals surface area contributed by atoms with Gasteiger partial charge in [0.2, 0.25) is 0 Å². The first-order valence-corrected chi connectivity index (χ1v) is 6.86. The van der Waals surface area contributed by atoms with Crippen molar-refractivity contribution >= 4 is 29.1 Å². The lowest BCUT2D eigenvalue weighted by Crippen LogP contribution is -2.51. The smallest absolute Gasteiger partial charge is 0.255 e. The van der Waals surface area contributed by atoms with E-state index in [1.807, 2.05) is 6.92 Å². The van der Waals surface area contributed by atoms with Gasteiger partial charge in [0.1, 0.15) is 0 Å². The van der Waals surface area contributed by atoms with E-state index in [0.29, 0.717) is 30.3 Å². The number of morpholine rings is 1. The van der Waals surface area contributed by atoms with Crippen LogP contribution in [0, 0.1) is 0 Å². The highest BCUT2D eigenvalue weighted by atomic mass is 35.5. The van der Waals surface area contributed by atoms with Crippen LogP contribution in [-0.2, 0) is 4.74 Å². The zero-order valence-electron chi connectivity index (χ0n) is 10.6. The molecule has 1 aromatic carbocycles. The molecule has 1 saturated heterocycles. The highest BCUT2D eigenvalue weighted by Gasteiger charge is 2.28. The number of amides is 1. The molecule has 4 nitrogen and oxygen atoms in total. The first-order chi connectivity index (χ1) is 9.00. The van der Waals surface area contributed by atoms with Gasteiger partial charge in [-0.1, -0.05) is 29.3 Å². The zero-order valence-corrected chi connectivity index (χ0v) is 12.1. The summed E-state index contributed by atoms with van der Waals surface area (Å²) in [4.78, 5) is 14.1. The molecular weight excluding hydrogens is 287 g/mol. The highest BCUT2D eigenvalue weighted by molar-refractivity contribution is 6.43. The predicted octanol–water partition coefficient (Wildman–Crippen LogP) is 2.18. The molecule has 0 bridgehead atoms. The Hall–Kier alpha value is -0.810. The van der Waals surface area contributed by atoms with Crippen molar-refractivity contribution in [3.8, 4) is 0 Å². The van der Waals surface area contributed by atoms with Gasteiger partial charge in [0.05, 0.1) is 28.3 Å². The Morgan fingerprint density at radius 2 is 2.26 bits per heavy atom. The van der Waals surface area contributed by atoms with Gasteiger partial charge in [-0.15, -0.1) is 0 Å². The van der Waals surface area contributed by atoms with Crippen LogP contribution in [0.15, 0.2) is 18.2 Å². The minimum atomic E-state index is -0.143. The average molecular weight is 303 g/mol. The third-order valence-corrected chi connectivity index (χ3v) is 3.97. The van der Waals surface area contributed by atoms with Gasteiger partial charge in [0.15, 0.2) is 0 Å². The maximum Gasteiger partial charge on any atom is 0.255 e. The minimum Gasteiger partial charge on any atom is -0.373 e. The van der Waals surface area contributed by atoms with Crippen molar-refractivity contribution in [2.24, 2.45) is 5.73 Å². The van der Waals surface area contributed by atoms with E-state index in [1.165, 1.54) is 0 Å². The molecule has 0 radical (unpaired) electrons. The van der Waals surface area contributed by atoms with E-state index < -0.39 is 0 Å². The molecule has 1 aliphatic heterocycles. The molecule has 0 aromatic heterocycles. The summed E-state index contributed by atoms with van der Waals surface area (Å²) in [7, 11) is 0. The Balaban J connectivity index is 2.17. The summed E-state index contributed by atoms with van der Waals surface area (Å²) in [5.41, 5.74) is 6.23. The fourth-order valence-corrected chi connectivity index (χ4v) is 2.40. The molecule has 0 spiro atoms. The normalized spacial score (nSPS) is 21.3. The molecule has 19 heavy (non-hydrogen) atoms. The molecule has 1 aliphatic rings. The molecule has 2 atom stereocenters. The largest absolute Gasteiger partial charge is 0.373 e. The summed E-state index contributed by atoms with van der Waals surface area (Å²) in [5, 5.41) is 0.669. The topological polar surface area (TPSA) is 55.6 Å². The van der Waals surface area contributed by atoms with Crippen LogP contribution in [0.3, 0.4) is 0 Å². The maximum atomic E-state index is 12.4. The molecule has 1 amide bonds. The van der Waals surface area contributed by atoms with Crippen molar-refractivity contribution in [3.05, 3.63) is 33.8 Å². The number of ether oxygens (including phenoxy) is 1. The fraction of sp³-hybridized carbons (Fsp3) is 0.462. The van der Waals surface area contributed by atoms with Crippen molar-refractivity contribution in [2.45, 2.75) is 19.1 Å². The lowest BCUT2D eigenvalue weighted by Gasteiger charge is -2.34. The second kappa shape index (κ2) is 6.09. The molecule has 1 fully saturated rings. The molecule has 2 N–H and O–H groups in total. The number of hydrogen-bond donors (Lipinski definition) is 1. The van der Waals surface area contributed by atoms with E-state index in [0.717, 1.165) is 0 Å². The van der Waals surface area contributed by atoms with Gasteiger partial charge in [-0.05, 0) is 19.1 Å². The SMILES string of the molecule is C[C@@H](N)[C@@H]1CN(C(=O)c2cccc(Cl)c2Cl)CCO1. The fourth-order valence-electron chi connectivity index (χ4n) is 2.02. The summed E-state index contributed by atoms with van der Waals surface area (Å²) in [6.07, 6.45) is -0.143. The molecule has 1 heterocycles. The van der Waals surface area contributed by atoms with E-state index in [9.17, 15) is 4.79 Å². The Kier molecular flexibility index (Phi) is 4.68. The molecule has 2 rings (SSSR count). The van der Waals surface area contributed by atoms with Crippen LogP contribution >= 0.6 is 23.2 Å². The number of nitrogens with two attached hydrogens (primary N) is 1. The summed E-state index contributed by atoms with van der Waals surface area (Å²) in [6.45, 7) is 3.35. The summed E-state index contributed by atoms with van der Waals surface area (Å²) < 4.78 is 5.53. The van der Waals surface area contributed by atoms with E-state index in [2.05, 4.69) is 0 Å². The van der Waals surface area contributed by atoms with Crippen molar-refractivity contribution in [1.82, 2.24) is 4.90 Å². The van der Waals surface area contributed by atoms with Gasteiger partial charge in [-0.3, -0.25) is 4.79 Å². The molecule has 0 saturated carbocycles. The number of benzene rings is 1. The third kappa shape index (κ3) is 3.20. The van der Waals surface area contributed by atoms with Crippen LogP contribution in [-0.4, -0.2) is 42.6 Å². The number of carbonyl (C=O) groups is 1. The number of rotatable bonds is 2. The Morgan fingerprint density at radius 3 is 2.95 bits per heavy atom. The molecule has 0 aliphatic carbocycles. The summed E-state index contributed by atoms with van der Waals surface area (Å²) in [6, 6.07) is 4.92. The van der Waals surface area contributed by atoms with Crippen LogP contribution in [0.4, 0.5) is 0 Å².